The number of hydrogen-bond acceptors (Lipinski definition) is 3. The maximum absolute atomic E-state index is 10.5. The standard InChI is InChI=1S/C9H10N2.C7H4O/c10-5-4-8-2-1-3-9(6-8)7-11;8-7-5-3-1-2-4-6(5)7/h1-3,6H,4,7,11H2;1-4H. The van der Waals surface area contributed by atoms with Gasteiger partial charge in [-0.3, -0.25) is 4.79 Å². The van der Waals surface area contributed by atoms with Crippen molar-refractivity contribution in [2.24, 2.45) is 5.73 Å². The molecule has 0 aliphatic rings. The van der Waals surface area contributed by atoms with E-state index in [-0.39, 0.29) is 5.43 Å². The Bertz CT molecular complexity index is 700. The van der Waals surface area contributed by atoms with E-state index in [9.17, 15) is 4.79 Å². The van der Waals surface area contributed by atoms with Crippen molar-refractivity contribution in [3.8, 4) is 6.07 Å². The first-order valence-corrected chi connectivity index (χ1v) is 6.05. The van der Waals surface area contributed by atoms with Crippen LogP contribution in [0, 0.1) is 11.3 Å². The Hall–Kier alpha value is -2.44. The highest BCUT2D eigenvalue weighted by Crippen LogP contribution is 2.11. The molecular weight excluding hydrogens is 236 g/mol. The summed E-state index contributed by atoms with van der Waals surface area (Å²) >= 11 is 0. The van der Waals surface area contributed by atoms with Gasteiger partial charge in [-0.25, -0.2) is 0 Å². The van der Waals surface area contributed by atoms with Crippen LogP contribution in [0.4, 0.5) is 0 Å². The fourth-order valence-corrected chi connectivity index (χ4v) is 1.79. The number of hydrogen-bond donors (Lipinski definition) is 1. The molecule has 0 spiro atoms. The maximum Gasteiger partial charge on any atom is 0.194 e. The zero-order chi connectivity index (χ0) is 13.7. The van der Waals surface area contributed by atoms with Gasteiger partial charge in [0.15, 0.2) is 5.43 Å². The number of fused-ring (bicyclic) bond motifs is 1. The van der Waals surface area contributed by atoms with Gasteiger partial charge in [-0.1, -0.05) is 48.5 Å². The summed E-state index contributed by atoms with van der Waals surface area (Å²) in [4.78, 5) is 10.5. The Labute approximate surface area is 111 Å². The summed E-state index contributed by atoms with van der Waals surface area (Å²) in [6.45, 7) is 0.541. The third-order valence-corrected chi connectivity index (χ3v) is 2.86. The lowest BCUT2D eigenvalue weighted by atomic mass is 10.1. The summed E-state index contributed by atoms with van der Waals surface area (Å²) in [6, 6.07) is 17.3. The Kier molecular flexibility index (Phi) is 4.07. The number of nitrogens with two attached hydrogens (primary N) is 1. The van der Waals surface area contributed by atoms with Gasteiger partial charge >= 0.3 is 0 Å². The van der Waals surface area contributed by atoms with Gasteiger partial charge in [-0.15, -0.1) is 0 Å². The zero-order valence-electron chi connectivity index (χ0n) is 10.5. The van der Waals surface area contributed by atoms with Crippen LogP contribution in [-0.4, -0.2) is 0 Å². The van der Waals surface area contributed by atoms with Crippen LogP contribution in [0.3, 0.4) is 0 Å². The fraction of sp³-hybridized carbons (Fsp3) is 0.125. The highest BCUT2D eigenvalue weighted by atomic mass is 16.1. The highest BCUT2D eigenvalue weighted by Gasteiger charge is 2.07. The second-order valence-corrected chi connectivity index (χ2v) is 4.23. The minimum Gasteiger partial charge on any atom is -0.326 e. The topological polar surface area (TPSA) is 66.9 Å². The smallest absolute Gasteiger partial charge is 0.194 e. The molecule has 3 aromatic carbocycles. The van der Waals surface area contributed by atoms with Crippen molar-refractivity contribution in [2.75, 3.05) is 0 Å². The SMILES string of the molecule is N#CCc1cccc(CN)c1.O=c1c2ccccc12. The van der Waals surface area contributed by atoms with E-state index in [1.54, 1.807) is 0 Å². The summed E-state index contributed by atoms with van der Waals surface area (Å²) in [5.74, 6) is 0. The first-order chi connectivity index (χ1) is 9.26. The lowest BCUT2D eigenvalue weighted by molar-refractivity contribution is 1.06. The second kappa shape index (κ2) is 5.94. The van der Waals surface area contributed by atoms with Crippen molar-refractivity contribution in [3.63, 3.8) is 0 Å². The van der Waals surface area contributed by atoms with E-state index in [0.29, 0.717) is 13.0 Å². The maximum atomic E-state index is 10.5. The molecule has 0 amide bonds. The zero-order valence-corrected chi connectivity index (χ0v) is 10.5. The first kappa shape index (κ1) is 13.0. The van der Waals surface area contributed by atoms with Gasteiger partial charge in [0, 0.05) is 17.3 Å². The quantitative estimate of drug-likeness (QED) is 0.758. The summed E-state index contributed by atoms with van der Waals surface area (Å²) in [7, 11) is 0. The van der Waals surface area contributed by atoms with Crippen LogP contribution in [-0.2, 0) is 13.0 Å². The minimum absolute atomic E-state index is 0.218. The molecule has 0 fully saturated rings. The molecule has 3 rings (SSSR count). The molecule has 3 nitrogen and oxygen atoms in total. The van der Waals surface area contributed by atoms with Crippen LogP contribution < -0.4 is 11.2 Å². The van der Waals surface area contributed by atoms with E-state index in [1.807, 2.05) is 48.5 Å². The Morgan fingerprint density at radius 3 is 2.16 bits per heavy atom. The van der Waals surface area contributed by atoms with Crippen molar-refractivity contribution in [2.45, 2.75) is 13.0 Å². The van der Waals surface area contributed by atoms with Crippen molar-refractivity contribution in [1.82, 2.24) is 0 Å². The highest BCUT2D eigenvalue weighted by molar-refractivity contribution is 5.96. The third-order valence-electron chi connectivity index (χ3n) is 2.86. The Balaban J connectivity index is 0.000000146. The van der Waals surface area contributed by atoms with Crippen molar-refractivity contribution in [3.05, 3.63) is 69.9 Å². The average molecular weight is 250 g/mol. The molecule has 0 bridgehead atoms. The lowest BCUT2D eigenvalue weighted by Gasteiger charge is -1.97. The Morgan fingerprint density at radius 1 is 1.00 bits per heavy atom. The molecular formula is C16H14N2O. The van der Waals surface area contributed by atoms with Gasteiger partial charge in [0.25, 0.3) is 0 Å². The van der Waals surface area contributed by atoms with Crippen LogP contribution in [0.1, 0.15) is 11.1 Å². The molecule has 0 aliphatic carbocycles. The predicted molar refractivity (Wildman–Crippen MR) is 76.2 cm³/mol. The van der Waals surface area contributed by atoms with E-state index in [2.05, 4.69) is 6.07 Å². The molecule has 0 saturated heterocycles. The van der Waals surface area contributed by atoms with Gasteiger partial charge < -0.3 is 5.73 Å². The third kappa shape index (κ3) is 3.27. The van der Waals surface area contributed by atoms with Gasteiger partial charge in [-0.2, -0.15) is 5.26 Å². The molecule has 0 aromatic heterocycles. The van der Waals surface area contributed by atoms with Crippen LogP contribution in [0.25, 0.3) is 10.8 Å². The normalized spacial score (nSPS) is 9.89. The number of benzene rings is 2. The second-order valence-electron chi connectivity index (χ2n) is 4.23. The van der Waals surface area contributed by atoms with Crippen molar-refractivity contribution in [1.29, 1.82) is 5.26 Å². The average Bonchev–Trinajstić information content (AvgIpc) is 3.12. The molecule has 94 valence electrons. The molecule has 0 heterocycles. The largest absolute Gasteiger partial charge is 0.326 e. The monoisotopic (exact) mass is 250 g/mol. The van der Waals surface area contributed by atoms with Gasteiger partial charge in [-0.05, 0) is 11.1 Å². The Morgan fingerprint density at radius 2 is 1.63 bits per heavy atom. The van der Waals surface area contributed by atoms with Gasteiger partial charge in [0.2, 0.25) is 0 Å². The van der Waals surface area contributed by atoms with E-state index in [1.165, 1.54) is 0 Å². The van der Waals surface area contributed by atoms with Gasteiger partial charge in [0.05, 0.1) is 12.5 Å². The van der Waals surface area contributed by atoms with Gasteiger partial charge in [0.1, 0.15) is 0 Å². The van der Waals surface area contributed by atoms with Crippen LogP contribution in [0.15, 0.2) is 53.3 Å². The van der Waals surface area contributed by atoms with E-state index in [4.69, 9.17) is 11.0 Å². The number of nitrogens with zero attached hydrogens (tertiary/aromatic N) is 1. The van der Waals surface area contributed by atoms with Crippen LogP contribution in [0.2, 0.25) is 0 Å². The van der Waals surface area contributed by atoms with Crippen molar-refractivity contribution >= 4 is 10.8 Å². The molecule has 0 atom stereocenters. The predicted octanol–water partition coefficient (Wildman–Crippen LogP) is 2.29. The summed E-state index contributed by atoms with van der Waals surface area (Å²) in [5.41, 5.74) is 7.77. The van der Waals surface area contributed by atoms with Crippen LogP contribution in [0.5, 0.6) is 0 Å². The summed E-state index contributed by atoms with van der Waals surface area (Å²) in [6.07, 6.45) is 0.466. The summed E-state index contributed by atoms with van der Waals surface area (Å²) < 4.78 is 0. The molecule has 3 heteroatoms. The molecule has 0 unspecified atom stereocenters. The molecule has 0 aliphatic heterocycles. The molecule has 0 radical (unpaired) electrons. The molecule has 2 N–H and O–H groups in total. The molecule has 19 heavy (non-hydrogen) atoms. The van der Waals surface area contributed by atoms with E-state index < -0.39 is 0 Å². The van der Waals surface area contributed by atoms with Crippen molar-refractivity contribution < 1.29 is 0 Å². The van der Waals surface area contributed by atoms with E-state index in [0.717, 1.165) is 21.9 Å². The lowest BCUT2D eigenvalue weighted by Crippen LogP contribution is -1.96. The van der Waals surface area contributed by atoms with Crippen LogP contribution >= 0.6 is 0 Å². The minimum atomic E-state index is 0.218. The number of nitriles is 1. The first-order valence-electron chi connectivity index (χ1n) is 6.05. The molecule has 3 aromatic rings. The molecule has 0 saturated carbocycles. The summed E-state index contributed by atoms with van der Waals surface area (Å²) in [5, 5.41) is 10.2. The van der Waals surface area contributed by atoms with E-state index >= 15 is 0 Å². The number of rotatable bonds is 2. The fourth-order valence-electron chi connectivity index (χ4n) is 1.79.